The molecule has 0 heterocycles. The Kier molecular flexibility index (Phi) is 2.31. The summed E-state index contributed by atoms with van der Waals surface area (Å²) in [5.74, 6) is 1.61. The average molecular weight is 182 g/mol. The molecule has 2 heteroatoms. The molecule has 74 valence electrons. The Morgan fingerprint density at radius 1 is 1.23 bits per heavy atom. The van der Waals surface area contributed by atoms with Crippen LogP contribution >= 0.6 is 0 Å². The van der Waals surface area contributed by atoms with Gasteiger partial charge in [-0.2, -0.15) is 0 Å². The fourth-order valence-corrected chi connectivity index (χ4v) is 2.16. The molecular formula is C11H18O2. The van der Waals surface area contributed by atoms with E-state index in [9.17, 15) is 4.79 Å². The third-order valence-corrected chi connectivity index (χ3v) is 3.34. The first-order valence-corrected chi connectivity index (χ1v) is 5.37. The van der Waals surface area contributed by atoms with Crippen molar-refractivity contribution in [2.75, 3.05) is 0 Å². The van der Waals surface area contributed by atoms with Gasteiger partial charge in [-0.25, -0.2) is 0 Å². The van der Waals surface area contributed by atoms with Gasteiger partial charge in [0.05, 0.1) is 5.92 Å². The van der Waals surface area contributed by atoms with Crippen molar-refractivity contribution in [1.29, 1.82) is 0 Å². The lowest BCUT2D eigenvalue weighted by Gasteiger charge is -2.11. The highest BCUT2D eigenvalue weighted by Gasteiger charge is 2.41. The first-order chi connectivity index (χ1) is 6.16. The van der Waals surface area contributed by atoms with Gasteiger partial charge >= 0.3 is 5.97 Å². The van der Waals surface area contributed by atoms with Gasteiger partial charge in [-0.05, 0) is 37.5 Å². The normalized spacial score (nSPS) is 43.2. The van der Waals surface area contributed by atoms with Crippen molar-refractivity contribution in [1.82, 2.24) is 0 Å². The first-order valence-electron chi connectivity index (χ1n) is 5.37. The SMILES string of the molecule is CC1CCC(OC(=O)[C@@H]2C[C@H]2C)C1. The molecule has 0 amide bonds. The smallest absolute Gasteiger partial charge is 0.309 e. The average Bonchev–Trinajstić information content (AvgIpc) is 2.66. The Bertz CT molecular complexity index is 212. The van der Waals surface area contributed by atoms with Gasteiger partial charge in [0, 0.05) is 0 Å². The maximum atomic E-state index is 11.5. The van der Waals surface area contributed by atoms with Crippen LogP contribution in [0.4, 0.5) is 0 Å². The zero-order valence-corrected chi connectivity index (χ0v) is 8.45. The van der Waals surface area contributed by atoms with Gasteiger partial charge in [-0.15, -0.1) is 0 Å². The van der Waals surface area contributed by atoms with Crippen LogP contribution in [0.15, 0.2) is 0 Å². The standard InChI is InChI=1S/C11H18O2/c1-7-3-4-9(5-7)13-11(12)10-6-8(10)2/h7-10H,3-6H2,1-2H3/t7?,8-,9?,10-/m1/s1. The van der Waals surface area contributed by atoms with Gasteiger partial charge in [0.25, 0.3) is 0 Å². The highest BCUT2D eigenvalue weighted by molar-refractivity contribution is 5.75. The Balaban J connectivity index is 1.75. The summed E-state index contributed by atoms with van der Waals surface area (Å²) >= 11 is 0. The highest BCUT2D eigenvalue weighted by atomic mass is 16.5. The fourth-order valence-electron chi connectivity index (χ4n) is 2.16. The molecule has 0 aromatic rings. The second-order valence-electron chi connectivity index (χ2n) is 4.80. The van der Waals surface area contributed by atoms with Gasteiger partial charge < -0.3 is 4.74 Å². The van der Waals surface area contributed by atoms with Crippen molar-refractivity contribution in [2.24, 2.45) is 17.8 Å². The molecule has 0 saturated heterocycles. The van der Waals surface area contributed by atoms with E-state index in [1.54, 1.807) is 0 Å². The molecule has 2 saturated carbocycles. The molecule has 0 bridgehead atoms. The summed E-state index contributed by atoms with van der Waals surface area (Å²) in [5.41, 5.74) is 0. The number of ether oxygens (including phenoxy) is 1. The molecule has 0 aliphatic heterocycles. The maximum absolute atomic E-state index is 11.5. The summed E-state index contributed by atoms with van der Waals surface area (Å²) in [7, 11) is 0. The van der Waals surface area contributed by atoms with E-state index >= 15 is 0 Å². The van der Waals surface area contributed by atoms with E-state index in [4.69, 9.17) is 4.74 Å². The highest BCUT2D eigenvalue weighted by Crippen LogP contribution is 2.39. The van der Waals surface area contributed by atoms with E-state index in [2.05, 4.69) is 13.8 Å². The molecule has 0 aromatic heterocycles. The van der Waals surface area contributed by atoms with Crippen molar-refractivity contribution in [3.8, 4) is 0 Å². The molecule has 2 nitrogen and oxygen atoms in total. The van der Waals surface area contributed by atoms with Crippen LogP contribution in [-0.4, -0.2) is 12.1 Å². The summed E-state index contributed by atoms with van der Waals surface area (Å²) in [6, 6.07) is 0. The predicted octanol–water partition coefficient (Wildman–Crippen LogP) is 2.37. The summed E-state index contributed by atoms with van der Waals surface area (Å²) in [5, 5.41) is 0. The second-order valence-corrected chi connectivity index (χ2v) is 4.80. The van der Waals surface area contributed by atoms with Crippen LogP contribution in [0.3, 0.4) is 0 Å². The third kappa shape index (κ3) is 2.04. The minimum Gasteiger partial charge on any atom is -0.462 e. The summed E-state index contributed by atoms with van der Waals surface area (Å²) in [4.78, 5) is 11.5. The Hall–Kier alpha value is -0.530. The predicted molar refractivity (Wildman–Crippen MR) is 50.2 cm³/mol. The van der Waals surface area contributed by atoms with Crippen molar-refractivity contribution >= 4 is 5.97 Å². The van der Waals surface area contributed by atoms with Crippen LogP contribution < -0.4 is 0 Å². The van der Waals surface area contributed by atoms with Crippen LogP contribution in [0.5, 0.6) is 0 Å². The molecule has 0 spiro atoms. The van der Waals surface area contributed by atoms with Crippen molar-refractivity contribution in [3.63, 3.8) is 0 Å². The van der Waals surface area contributed by atoms with E-state index in [-0.39, 0.29) is 18.0 Å². The molecule has 2 unspecified atom stereocenters. The molecule has 2 aliphatic rings. The van der Waals surface area contributed by atoms with E-state index in [0.29, 0.717) is 5.92 Å². The van der Waals surface area contributed by atoms with Gasteiger partial charge in [-0.1, -0.05) is 13.8 Å². The molecule has 2 aliphatic carbocycles. The molecule has 2 rings (SSSR count). The first kappa shape index (κ1) is 9.04. The lowest BCUT2D eigenvalue weighted by atomic mass is 10.1. The van der Waals surface area contributed by atoms with Crippen LogP contribution in [-0.2, 0) is 9.53 Å². The zero-order chi connectivity index (χ0) is 9.42. The number of esters is 1. The van der Waals surface area contributed by atoms with Crippen LogP contribution in [0.25, 0.3) is 0 Å². The van der Waals surface area contributed by atoms with Gasteiger partial charge in [-0.3, -0.25) is 4.79 Å². The summed E-state index contributed by atoms with van der Waals surface area (Å²) < 4.78 is 5.44. The van der Waals surface area contributed by atoms with E-state index in [1.165, 1.54) is 6.42 Å². The molecule has 2 fully saturated rings. The Morgan fingerprint density at radius 2 is 1.92 bits per heavy atom. The lowest BCUT2D eigenvalue weighted by Crippen LogP contribution is -2.16. The minimum absolute atomic E-state index is 0.0617. The van der Waals surface area contributed by atoms with Crippen molar-refractivity contribution < 1.29 is 9.53 Å². The lowest BCUT2D eigenvalue weighted by molar-refractivity contribution is -0.150. The third-order valence-electron chi connectivity index (χ3n) is 3.34. The van der Waals surface area contributed by atoms with Crippen LogP contribution in [0.1, 0.15) is 39.5 Å². The second kappa shape index (κ2) is 3.32. The van der Waals surface area contributed by atoms with Gasteiger partial charge in [0.2, 0.25) is 0 Å². The molecule has 0 radical (unpaired) electrons. The summed E-state index contributed by atoms with van der Waals surface area (Å²) in [6.45, 7) is 4.34. The molecule has 13 heavy (non-hydrogen) atoms. The fraction of sp³-hybridized carbons (Fsp3) is 0.909. The molecule has 0 N–H and O–H groups in total. The van der Waals surface area contributed by atoms with Crippen molar-refractivity contribution in [3.05, 3.63) is 0 Å². The largest absolute Gasteiger partial charge is 0.462 e. The monoisotopic (exact) mass is 182 g/mol. The number of hydrogen-bond donors (Lipinski definition) is 0. The molecule has 4 atom stereocenters. The molecule has 0 aromatic carbocycles. The minimum atomic E-state index is 0.0617. The topological polar surface area (TPSA) is 26.3 Å². The van der Waals surface area contributed by atoms with Crippen LogP contribution in [0.2, 0.25) is 0 Å². The Morgan fingerprint density at radius 3 is 2.38 bits per heavy atom. The number of rotatable bonds is 2. The maximum Gasteiger partial charge on any atom is 0.309 e. The molecular weight excluding hydrogens is 164 g/mol. The van der Waals surface area contributed by atoms with Crippen molar-refractivity contribution in [2.45, 2.75) is 45.6 Å². The van der Waals surface area contributed by atoms with E-state index in [0.717, 1.165) is 25.2 Å². The quantitative estimate of drug-likeness (QED) is 0.613. The number of carbonyl (C=O) groups excluding carboxylic acids is 1. The van der Waals surface area contributed by atoms with E-state index in [1.807, 2.05) is 0 Å². The number of carbonyl (C=O) groups is 1. The summed E-state index contributed by atoms with van der Waals surface area (Å²) in [6.07, 6.45) is 4.65. The Labute approximate surface area is 79.7 Å². The van der Waals surface area contributed by atoms with Gasteiger partial charge in [0.1, 0.15) is 6.10 Å². The van der Waals surface area contributed by atoms with Crippen LogP contribution in [0, 0.1) is 17.8 Å². The zero-order valence-electron chi connectivity index (χ0n) is 8.45. The van der Waals surface area contributed by atoms with Gasteiger partial charge in [0.15, 0.2) is 0 Å². The van der Waals surface area contributed by atoms with E-state index < -0.39 is 0 Å². The number of hydrogen-bond acceptors (Lipinski definition) is 2.